The molecule has 0 saturated heterocycles. The number of unbranched alkanes of at least 4 members (excludes halogenated alkanes) is 21. The van der Waals surface area contributed by atoms with Crippen LogP contribution >= 0.6 is 0 Å². The van der Waals surface area contributed by atoms with Gasteiger partial charge in [0.15, 0.2) is 0 Å². The number of hydrogen-bond acceptors (Lipinski definition) is 2. The minimum Gasteiger partial charge on any atom is -0.251 e. The van der Waals surface area contributed by atoms with Gasteiger partial charge in [-0.3, -0.25) is 4.99 Å². The van der Waals surface area contributed by atoms with Crippen LogP contribution in [0.5, 0.6) is 0 Å². The van der Waals surface area contributed by atoms with E-state index in [0.717, 1.165) is 67.7 Å². The van der Waals surface area contributed by atoms with Crippen molar-refractivity contribution in [3.05, 3.63) is 70.8 Å². The molecular weight excluding hydrogens is 687 g/mol. The molecule has 0 atom stereocenters. The molecule has 0 aliphatic carbocycles. The van der Waals surface area contributed by atoms with Crippen molar-refractivity contribution in [3.63, 3.8) is 0 Å². The van der Waals surface area contributed by atoms with Crippen LogP contribution in [0.3, 0.4) is 0 Å². The van der Waals surface area contributed by atoms with E-state index in [2.05, 4.69) is 90.1 Å². The zero-order valence-electron chi connectivity index (χ0n) is 35.6. The van der Waals surface area contributed by atoms with Crippen molar-refractivity contribution in [3.8, 4) is 0 Å². The maximum absolute atomic E-state index is 5.35. The van der Waals surface area contributed by atoms with Gasteiger partial charge in [0, 0.05) is 16.5 Å². The fourth-order valence-corrected chi connectivity index (χ4v) is 7.52. The molecule has 3 heteroatoms. The first-order valence-corrected chi connectivity index (χ1v) is 22.7. The number of rotatable bonds is 32. The van der Waals surface area contributed by atoms with Gasteiger partial charge in [0.2, 0.25) is 0 Å². The van der Waals surface area contributed by atoms with Crippen molar-refractivity contribution >= 4 is 22.8 Å². The summed E-state index contributed by atoms with van der Waals surface area (Å²) in [5.41, 5.74) is 10.0. The van der Waals surface area contributed by atoms with Gasteiger partial charge in [0.25, 0.3) is 0 Å². The van der Waals surface area contributed by atoms with Crippen LogP contribution in [0.15, 0.2) is 58.5 Å². The number of aryl methyl sites for hydroxylation is 4. The van der Waals surface area contributed by atoms with Gasteiger partial charge in [0.1, 0.15) is 0 Å². The van der Waals surface area contributed by atoms with E-state index in [4.69, 9.17) is 9.98 Å². The van der Waals surface area contributed by atoms with Gasteiger partial charge in [-0.1, -0.05) is 188 Å². The van der Waals surface area contributed by atoms with Crippen LogP contribution in [0, 0.1) is 0 Å². The average molecular weight is 770 g/mol. The summed E-state index contributed by atoms with van der Waals surface area (Å²) in [6.07, 6.45) is 41.4. The first-order chi connectivity index (χ1) is 25.6. The van der Waals surface area contributed by atoms with Gasteiger partial charge >= 0.3 is 0 Å². The Labute approximate surface area is 340 Å². The summed E-state index contributed by atoms with van der Waals surface area (Å²) in [7, 11) is 0. The Kier molecular flexibility index (Phi) is 30.9. The summed E-state index contributed by atoms with van der Waals surface area (Å²) in [6.45, 7) is 13.6. The smallest absolute Gasteiger partial charge is 0.0848 e. The molecule has 0 fully saturated rings. The van der Waals surface area contributed by atoms with E-state index >= 15 is 0 Å². The zero-order valence-corrected chi connectivity index (χ0v) is 36.6. The molecule has 0 saturated carbocycles. The number of aliphatic imine (C=N–C) groups is 2. The van der Waals surface area contributed by atoms with Crippen LogP contribution < -0.4 is 0 Å². The third kappa shape index (κ3) is 22.2. The van der Waals surface area contributed by atoms with Gasteiger partial charge in [-0.15, -0.1) is 0 Å². The Bertz CT molecular complexity index is 1270. The molecular formula is C50H82N2Ni. The van der Waals surface area contributed by atoms with Gasteiger partial charge in [0.05, 0.1) is 22.8 Å². The number of benzene rings is 2. The number of nitrogens with zero attached hydrogens (tertiary/aromatic N) is 2. The van der Waals surface area contributed by atoms with Crippen molar-refractivity contribution < 1.29 is 16.5 Å². The summed E-state index contributed by atoms with van der Waals surface area (Å²) < 4.78 is 0. The molecule has 0 bridgehead atoms. The molecule has 0 heterocycles. The second-order valence-electron chi connectivity index (χ2n) is 15.4. The minimum atomic E-state index is 0. The van der Waals surface area contributed by atoms with Gasteiger partial charge in [-0.05, 0) is 104 Å². The molecule has 0 radical (unpaired) electrons. The number of allylic oxidation sites excluding steroid dienone is 2. The molecule has 0 aromatic heterocycles. The van der Waals surface area contributed by atoms with Gasteiger partial charge in [-0.2, -0.15) is 0 Å². The van der Waals surface area contributed by atoms with E-state index < -0.39 is 0 Å². The van der Waals surface area contributed by atoms with Gasteiger partial charge < -0.3 is 0 Å². The predicted octanol–water partition coefficient (Wildman–Crippen LogP) is 16.7. The van der Waals surface area contributed by atoms with Crippen LogP contribution in [-0.2, 0) is 42.2 Å². The molecule has 0 aliphatic rings. The standard InChI is InChI=1S/C50H82N2.Ni/c1-7-13-15-17-18-19-20-21-22-23-24-25-26-27-28-29-30-31-32-34-36-50(52-48-40-38-44(10-4)46(12-6)42-48)49(35-33-16-14-8-2)51-47-39-37-43(9-3)45(11-5)41-47;/h34,36-42H,7-33,35H2,1-6H3;. The Morgan fingerprint density at radius 1 is 0.434 bits per heavy atom. The van der Waals surface area contributed by atoms with Gasteiger partial charge in [-0.25, -0.2) is 4.99 Å². The van der Waals surface area contributed by atoms with Crippen molar-refractivity contribution in [1.82, 2.24) is 0 Å². The Morgan fingerprint density at radius 3 is 1.23 bits per heavy atom. The molecule has 0 amide bonds. The summed E-state index contributed by atoms with van der Waals surface area (Å²) in [5.74, 6) is 0. The first-order valence-electron chi connectivity index (χ1n) is 22.7. The van der Waals surface area contributed by atoms with Crippen molar-refractivity contribution in [1.29, 1.82) is 0 Å². The summed E-state index contributed by atoms with van der Waals surface area (Å²) in [5, 5.41) is 0. The van der Waals surface area contributed by atoms with Crippen molar-refractivity contribution in [2.24, 2.45) is 9.98 Å². The third-order valence-electron chi connectivity index (χ3n) is 11.0. The number of hydrogen-bond donors (Lipinski definition) is 0. The minimum absolute atomic E-state index is 0. The van der Waals surface area contributed by atoms with Crippen molar-refractivity contribution in [2.75, 3.05) is 0 Å². The zero-order chi connectivity index (χ0) is 37.5. The molecule has 0 unspecified atom stereocenters. The fourth-order valence-electron chi connectivity index (χ4n) is 7.52. The molecule has 53 heavy (non-hydrogen) atoms. The van der Waals surface area contributed by atoms with Crippen LogP contribution in [-0.4, -0.2) is 11.4 Å². The topological polar surface area (TPSA) is 24.7 Å². The Hall–Kier alpha value is -1.99. The second-order valence-corrected chi connectivity index (χ2v) is 15.4. The molecule has 2 rings (SSSR count). The molecule has 2 nitrogen and oxygen atoms in total. The van der Waals surface area contributed by atoms with E-state index in [1.165, 1.54) is 157 Å². The van der Waals surface area contributed by atoms with E-state index in [9.17, 15) is 0 Å². The molecule has 0 spiro atoms. The summed E-state index contributed by atoms with van der Waals surface area (Å²) in [4.78, 5) is 10.7. The van der Waals surface area contributed by atoms with Crippen molar-refractivity contribution in [2.45, 2.75) is 221 Å². The Balaban J connectivity index is 0.0000140. The quantitative estimate of drug-likeness (QED) is 0.0402. The van der Waals surface area contributed by atoms with E-state index in [-0.39, 0.29) is 16.5 Å². The summed E-state index contributed by atoms with van der Waals surface area (Å²) in [6, 6.07) is 13.6. The van der Waals surface area contributed by atoms with Crippen LogP contribution in [0.4, 0.5) is 11.4 Å². The molecule has 0 N–H and O–H groups in total. The maximum atomic E-state index is 5.35. The average Bonchev–Trinajstić information content (AvgIpc) is 3.17. The van der Waals surface area contributed by atoms with E-state index in [0.29, 0.717) is 0 Å². The third-order valence-corrected chi connectivity index (χ3v) is 11.0. The largest absolute Gasteiger partial charge is 0.251 e. The fraction of sp³-hybridized carbons (Fsp3) is 0.680. The monoisotopic (exact) mass is 769 g/mol. The summed E-state index contributed by atoms with van der Waals surface area (Å²) >= 11 is 0. The van der Waals surface area contributed by atoms with Crippen LogP contribution in [0.25, 0.3) is 0 Å². The normalized spacial score (nSPS) is 12.2. The van der Waals surface area contributed by atoms with Crippen LogP contribution in [0.1, 0.15) is 218 Å². The second kappa shape index (κ2) is 33.4. The first kappa shape index (κ1) is 49.0. The molecule has 0 aliphatic heterocycles. The van der Waals surface area contributed by atoms with Crippen LogP contribution in [0.2, 0.25) is 0 Å². The maximum Gasteiger partial charge on any atom is 0.0848 e. The Morgan fingerprint density at radius 2 is 0.811 bits per heavy atom. The van der Waals surface area contributed by atoms with E-state index in [1.807, 2.05) is 0 Å². The molecule has 2 aromatic carbocycles. The SMILES string of the molecule is CCCCCCCCCCCCCCCCCCCCC=CC(=Nc1ccc(CC)c(CC)c1)C(CCCCCC)=Nc1ccc(CC)c(CC)c1.[Ni]. The predicted molar refractivity (Wildman–Crippen MR) is 236 cm³/mol. The molecule has 2 aromatic rings. The van der Waals surface area contributed by atoms with E-state index in [1.54, 1.807) is 0 Å². The molecule has 302 valence electrons.